The fourth-order valence-electron chi connectivity index (χ4n) is 3.57. The number of nitrogens with zero attached hydrogens (tertiary/aromatic N) is 2. The molecule has 1 amide bonds. The number of nitrogens with one attached hydrogen (secondary N) is 1. The first-order valence-corrected chi connectivity index (χ1v) is 8.93. The van der Waals surface area contributed by atoms with Crippen LogP contribution in [-0.4, -0.2) is 35.4 Å². The highest BCUT2D eigenvalue weighted by atomic mass is 35.5. The van der Waals surface area contributed by atoms with Crippen LogP contribution in [0.4, 0.5) is 0 Å². The molecule has 0 aliphatic carbocycles. The maximum absolute atomic E-state index is 12.8. The Morgan fingerprint density at radius 3 is 2.48 bits per heavy atom. The van der Waals surface area contributed by atoms with E-state index < -0.39 is 0 Å². The second kappa shape index (κ2) is 7.18. The minimum absolute atomic E-state index is 0.0667. The molecule has 1 N–H and O–H groups in total. The molecule has 0 radical (unpaired) electrons. The molecular weight excluding hydrogens is 338 g/mol. The highest BCUT2D eigenvalue weighted by molar-refractivity contribution is 6.30. The molecule has 25 heavy (non-hydrogen) atoms. The van der Waals surface area contributed by atoms with E-state index in [1.54, 1.807) is 4.68 Å². The lowest BCUT2D eigenvalue weighted by atomic mass is 9.74. The molecule has 0 atom stereocenters. The van der Waals surface area contributed by atoms with E-state index in [-0.39, 0.29) is 11.3 Å². The zero-order valence-electron chi connectivity index (χ0n) is 14.9. The van der Waals surface area contributed by atoms with Crippen molar-refractivity contribution in [3.05, 3.63) is 51.8 Å². The third-order valence-corrected chi connectivity index (χ3v) is 5.48. The first-order chi connectivity index (χ1) is 11.9. The Labute approximate surface area is 153 Å². The molecule has 1 aromatic heterocycles. The minimum atomic E-state index is -0.123. The molecule has 1 aliphatic rings. The van der Waals surface area contributed by atoms with Crippen molar-refractivity contribution in [2.75, 3.05) is 19.8 Å². The van der Waals surface area contributed by atoms with E-state index in [4.69, 9.17) is 16.3 Å². The summed E-state index contributed by atoms with van der Waals surface area (Å²) < 4.78 is 7.29. The molecule has 1 saturated heterocycles. The number of hydrogen-bond acceptors (Lipinski definition) is 3. The van der Waals surface area contributed by atoms with Gasteiger partial charge in [-0.3, -0.25) is 9.48 Å². The van der Waals surface area contributed by atoms with Crippen molar-refractivity contribution in [1.29, 1.82) is 0 Å². The number of amides is 1. The van der Waals surface area contributed by atoms with Crippen molar-refractivity contribution >= 4 is 17.5 Å². The zero-order valence-corrected chi connectivity index (χ0v) is 15.7. The van der Waals surface area contributed by atoms with Gasteiger partial charge >= 0.3 is 0 Å². The highest BCUT2D eigenvalue weighted by Gasteiger charge is 2.35. The monoisotopic (exact) mass is 361 g/mol. The number of rotatable bonds is 4. The van der Waals surface area contributed by atoms with Crippen molar-refractivity contribution < 1.29 is 9.53 Å². The third-order valence-electron chi connectivity index (χ3n) is 5.23. The molecule has 1 fully saturated rings. The van der Waals surface area contributed by atoms with E-state index in [1.807, 2.05) is 33.0 Å². The number of carbonyl (C=O) groups is 1. The van der Waals surface area contributed by atoms with E-state index in [0.717, 1.165) is 29.3 Å². The summed E-state index contributed by atoms with van der Waals surface area (Å²) >= 11 is 6.04. The summed E-state index contributed by atoms with van der Waals surface area (Å²) in [6.07, 6.45) is 1.75. The Morgan fingerprint density at radius 1 is 1.28 bits per heavy atom. The lowest BCUT2D eigenvalue weighted by Gasteiger charge is -2.38. The van der Waals surface area contributed by atoms with Crippen molar-refractivity contribution in [1.82, 2.24) is 15.1 Å². The van der Waals surface area contributed by atoms with Gasteiger partial charge < -0.3 is 10.1 Å². The lowest BCUT2D eigenvalue weighted by Crippen LogP contribution is -2.44. The number of benzene rings is 1. The number of aryl methyl sites for hydroxylation is 2. The standard InChI is InChI=1S/C19H24ClN3O2/c1-13-17(14(2)23(3)22-13)18(24)21-12-19(8-10-25-11-9-19)15-4-6-16(20)7-5-15/h4-7H,8-12H2,1-3H3,(H,21,24). The third kappa shape index (κ3) is 3.58. The van der Waals surface area contributed by atoms with Gasteiger partial charge in [0.05, 0.1) is 11.3 Å². The summed E-state index contributed by atoms with van der Waals surface area (Å²) in [4.78, 5) is 12.8. The van der Waals surface area contributed by atoms with Gasteiger partial charge in [-0.2, -0.15) is 5.10 Å². The van der Waals surface area contributed by atoms with Gasteiger partial charge in [-0.1, -0.05) is 23.7 Å². The molecule has 0 unspecified atom stereocenters. The first kappa shape index (κ1) is 18.0. The summed E-state index contributed by atoms with van der Waals surface area (Å²) in [5.41, 5.74) is 3.37. The Hall–Kier alpha value is -1.85. The van der Waals surface area contributed by atoms with Gasteiger partial charge in [0, 0.05) is 42.9 Å². The van der Waals surface area contributed by atoms with Crippen LogP contribution >= 0.6 is 11.6 Å². The van der Waals surface area contributed by atoms with Crippen LogP contribution in [-0.2, 0) is 17.2 Å². The summed E-state index contributed by atoms with van der Waals surface area (Å²) in [5.74, 6) is -0.0667. The largest absolute Gasteiger partial charge is 0.381 e. The molecule has 5 nitrogen and oxygen atoms in total. The number of aromatic nitrogens is 2. The first-order valence-electron chi connectivity index (χ1n) is 8.55. The molecule has 1 aromatic carbocycles. The van der Waals surface area contributed by atoms with Gasteiger partial charge in [0.25, 0.3) is 5.91 Å². The Bertz CT molecular complexity index is 762. The van der Waals surface area contributed by atoms with Crippen LogP contribution in [0.2, 0.25) is 5.02 Å². The maximum atomic E-state index is 12.8. The lowest BCUT2D eigenvalue weighted by molar-refractivity contribution is 0.0487. The molecule has 2 heterocycles. The predicted molar refractivity (Wildman–Crippen MR) is 98.2 cm³/mol. The smallest absolute Gasteiger partial charge is 0.255 e. The second-order valence-electron chi connectivity index (χ2n) is 6.75. The van der Waals surface area contributed by atoms with E-state index in [9.17, 15) is 4.79 Å². The van der Waals surface area contributed by atoms with Crippen LogP contribution in [0, 0.1) is 13.8 Å². The van der Waals surface area contributed by atoms with Gasteiger partial charge in [0.1, 0.15) is 0 Å². The molecule has 3 rings (SSSR count). The summed E-state index contributed by atoms with van der Waals surface area (Å²) in [7, 11) is 1.85. The molecule has 0 saturated carbocycles. The maximum Gasteiger partial charge on any atom is 0.255 e. The van der Waals surface area contributed by atoms with Crippen LogP contribution in [0.5, 0.6) is 0 Å². The van der Waals surface area contributed by atoms with E-state index in [2.05, 4.69) is 22.5 Å². The highest BCUT2D eigenvalue weighted by Crippen LogP contribution is 2.35. The summed E-state index contributed by atoms with van der Waals surface area (Å²) in [6.45, 7) is 5.75. The SMILES string of the molecule is Cc1nn(C)c(C)c1C(=O)NCC1(c2ccc(Cl)cc2)CCOCC1. The normalized spacial score (nSPS) is 16.6. The van der Waals surface area contributed by atoms with E-state index >= 15 is 0 Å². The predicted octanol–water partition coefficient (Wildman–Crippen LogP) is 3.17. The van der Waals surface area contributed by atoms with Crippen molar-refractivity contribution in [2.45, 2.75) is 32.1 Å². The Kier molecular flexibility index (Phi) is 5.16. The second-order valence-corrected chi connectivity index (χ2v) is 7.19. The Morgan fingerprint density at radius 2 is 1.92 bits per heavy atom. The van der Waals surface area contributed by atoms with Gasteiger partial charge in [-0.15, -0.1) is 0 Å². The molecule has 2 aromatic rings. The fourth-order valence-corrected chi connectivity index (χ4v) is 3.70. The van der Waals surface area contributed by atoms with Crippen LogP contribution in [0.1, 0.15) is 40.2 Å². The quantitative estimate of drug-likeness (QED) is 0.910. The van der Waals surface area contributed by atoms with E-state index in [0.29, 0.717) is 25.3 Å². The fraction of sp³-hybridized carbons (Fsp3) is 0.474. The van der Waals surface area contributed by atoms with Gasteiger partial charge in [-0.05, 0) is 44.4 Å². The van der Waals surface area contributed by atoms with Gasteiger partial charge in [-0.25, -0.2) is 0 Å². The van der Waals surface area contributed by atoms with Crippen LogP contribution in [0.15, 0.2) is 24.3 Å². The molecule has 0 spiro atoms. The number of ether oxygens (including phenoxy) is 1. The van der Waals surface area contributed by atoms with Crippen molar-refractivity contribution in [3.63, 3.8) is 0 Å². The zero-order chi connectivity index (χ0) is 18.0. The van der Waals surface area contributed by atoms with Gasteiger partial charge in [0.15, 0.2) is 0 Å². The molecule has 0 bridgehead atoms. The molecular formula is C19H24ClN3O2. The number of hydrogen-bond donors (Lipinski definition) is 1. The van der Waals surface area contributed by atoms with Crippen LogP contribution in [0.3, 0.4) is 0 Å². The molecule has 134 valence electrons. The Balaban J connectivity index is 1.81. The average molecular weight is 362 g/mol. The summed E-state index contributed by atoms with van der Waals surface area (Å²) in [6, 6.07) is 7.93. The molecule has 1 aliphatic heterocycles. The summed E-state index contributed by atoms with van der Waals surface area (Å²) in [5, 5.41) is 8.19. The topological polar surface area (TPSA) is 56.2 Å². The minimum Gasteiger partial charge on any atom is -0.381 e. The van der Waals surface area contributed by atoms with Crippen molar-refractivity contribution in [2.24, 2.45) is 7.05 Å². The van der Waals surface area contributed by atoms with Crippen LogP contribution in [0.25, 0.3) is 0 Å². The van der Waals surface area contributed by atoms with Gasteiger partial charge in [0.2, 0.25) is 0 Å². The number of halogens is 1. The molecule has 6 heteroatoms. The van der Waals surface area contributed by atoms with Crippen LogP contribution < -0.4 is 5.32 Å². The number of carbonyl (C=O) groups excluding carboxylic acids is 1. The van der Waals surface area contributed by atoms with Crippen molar-refractivity contribution in [3.8, 4) is 0 Å². The average Bonchev–Trinajstić information content (AvgIpc) is 2.86. The van der Waals surface area contributed by atoms with E-state index in [1.165, 1.54) is 5.56 Å².